The quantitative estimate of drug-likeness (QED) is 0.717. The van der Waals surface area contributed by atoms with Crippen molar-refractivity contribution in [2.24, 2.45) is 0 Å². The van der Waals surface area contributed by atoms with Crippen LogP contribution in [-0.4, -0.2) is 23.8 Å². The molecular formula is C18H18N2O2S2. The molecule has 0 fully saturated rings. The number of aryl methyl sites for hydroxylation is 1. The number of aromatic nitrogens is 1. The Morgan fingerprint density at radius 2 is 1.79 bits per heavy atom. The van der Waals surface area contributed by atoms with Gasteiger partial charge in [0.15, 0.2) is 0 Å². The lowest BCUT2D eigenvalue weighted by Gasteiger charge is -2.36. The molecular weight excluding hydrogens is 340 g/mol. The highest BCUT2D eigenvalue weighted by atomic mass is 32.2. The summed E-state index contributed by atoms with van der Waals surface area (Å²) >= 11 is 1.33. The van der Waals surface area contributed by atoms with Gasteiger partial charge in [0.2, 0.25) is 0 Å². The molecule has 3 heterocycles. The van der Waals surface area contributed by atoms with Crippen molar-refractivity contribution in [1.82, 2.24) is 8.87 Å². The third kappa shape index (κ3) is 2.51. The van der Waals surface area contributed by atoms with Crippen LogP contribution >= 0.6 is 11.3 Å². The number of hydrogen-bond acceptors (Lipinski definition) is 3. The number of benzene rings is 1. The fraction of sp³-hybridized carbons (Fsp3) is 0.222. The Labute approximate surface area is 146 Å². The SMILES string of the molecule is Cc1ccc(S(=O)(=O)N2CCn3cccc3C2c2ccccc2)s1. The van der Waals surface area contributed by atoms with Crippen LogP contribution in [0.5, 0.6) is 0 Å². The van der Waals surface area contributed by atoms with E-state index in [1.807, 2.05) is 61.7 Å². The van der Waals surface area contributed by atoms with Gasteiger partial charge in [0.25, 0.3) is 10.0 Å². The number of rotatable bonds is 3. The van der Waals surface area contributed by atoms with Crippen molar-refractivity contribution in [3.05, 3.63) is 76.9 Å². The average molecular weight is 358 g/mol. The number of thiophene rings is 1. The second-order valence-electron chi connectivity index (χ2n) is 5.92. The van der Waals surface area contributed by atoms with E-state index in [1.165, 1.54) is 11.3 Å². The smallest absolute Gasteiger partial charge is 0.253 e. The summed E-state index contributed by atoms with van der Waals surface area (Å²) in [5.74, 6) is 0. The van der Waals surface area contributed by atoms with Crippen LogP contribution in [0.25, 0.3) is 0 Å². The fourth-order valence-corrected chi connectivity index (χ4v) is 6.25. The summed E-state index contributed by atoms with van der Waals surface area (Å²) in [7, 11) is -3.52. The molecule has 6 heteroatoms. The summed E-state index contributed by atoms with van der Waals surface area (Å²) in [6.45, 7) is 3.08. The first-order valence-electron chi connectivity index (χ1n) is 7.85. The molecule has 0 saturated carbocycles. The number of hydrogen-bond donors (Lipinski definition) is 0. The van der Waals surface area contributed by atoms with Gasteiger partial charge in [-0.25, -0.2) is 8.42 Å². The molecule has 0 radical (unpaired) electrons. The molecule has 0 N–H and O–H groups in total. The number of sulfonamides is 1. The normalized spacial score (nSPS) is 18.5. The van der Waals surface area contributed by atoms with Crippen LogP contribution in [0.4, 0.5) is 0 Å². The summed E-state index contributed by atoms with van der Waals surface area (Å²) in [6.07, 6.45) is 2.02. The van der Waals surface area contributed by atoms with Gasteiger partial charge in [0.1, 0.15) is 4.21 Å². The lowest BCUT2D eigenvalue weighted by Crippen LogP contribution is -2.42. The molecule has 1 aromatic carbocycles. The molecule has 0 spiro atoms. The Kier molecular flexibility index (Phi) is 3.83. The van der Waals surface area contributed by atoms with E-state index in [-0.39, 0.29) is 6.04 Å². The van der Waals surface area contributed by atoms with Crippen molar-refractivity contribution >= 4 is 21.4 Å². The van der Waals surface area contributed by atoms with Gasteiger partial charge in [-0.2, -0.15) is 4.31 Å². The first kappa shape index (κ1) is 15.6. The van der Waals surface area contributed by atoms with Gasteiger partial charge >= 0.3 is 0 Å². The first-order valence-corrected chi connectivity index (χ1v) is 10.1. The Bertz CT molecular complexity index is 958. The lowest BCUT2D eigenvalue weighted by molar-refractivity contribution is 0.299. The molecule has 4 rings (SSSR count). The summed E-state index contributed by atoms with van der Waals surface area (Å²) in [5.41, 5.74) is 2.01. The molecule has 0 saturated heterocycles. The summed E-state index contributed by atoms with van der Waals surface area (Å²) in [5, 5.41) is 0. The van der Waals surface area contributed by atoms with Crippen LogP contribution in [0.15, 0.2) is 65.0 Å². The number of nitrogens with zero attached hydrogens (tertiary/aromatic N) is 2. The van der Waals surface area contributed by atoms with Crippen LogP contribution in [0.2, 0.25) is 0 Å². The van der Waals surface area contributed by atoms with Gasteiger partial charge in [-0.3, -0.25) is 0 Å². The van der Waals surface area contributed by atoms with Gasteiger partial charge < -0.3 is 4.57 Å². The topological polar surface area (TPSA) is 42.3 Å². The predicted octanol–water partition coefficient (Wildman–Crippen LogP) is 3.65. The number of fused-ring (bicyclic) bond motifs is 1. The molecule has 24 heavy (non-hydrogen) atoms. The molecule has 1 atom stereocenters. The molecule has 0 aliphatic carbocycles. The summed E-state index contributed by atoms with van der Waals surface area (Å²) < 4.78 is 30.7. The highest BCUT2D eigenvalue weighted by Gasteiger charge is 2.38. The Hall–Kier alpha value is -1.89. The maximum Gasteiger partial charge on any atom is 0.253 e. The minimum atomic E-state index is -3.52. The van der Waals surface area contributed by atoms with Gasteiger partial charge in [-0.15, -0.1) is 11.3 Å². The van der Waals surface area contributed by atoms with Gasteiger partial charge in [-0.05, 0) is 36.8 Å². The first-order chi connectivity index (χ1) is 11.6. The van der Waals surface area contributed by atoms with Crippen molar-refractivity contribution in [3.63, 3.8) is 0 Å². The zero-order valence-electron chi connectivity index (χ0n) is 13.3. The van der Waals surface area contributed by atoms with Gasteiger partial charge in [-0.1, -0.05) is 30.3 Å². The molecule has 1 aliphatic heterocycles. The maximum atomic E-state index is 13.2. The van der Waals surface area contributed by atoms with E-state index in [0.717, 1.165) is 16.1 Å². The lowest BCUT2D eigenvalue weighted by atomic mass is 10.0. The largest absolute Gasteiger partial charge is 0.348 e. The van der Waals surface area contributed by atoms with Crippen molar-refractivity contribution in [1.29, 1.82) is 0 Å². The molecule has 124 valence electrons. The molecule has 3 aromatic rings. The highest BCUT2D eigenvalue weighted by molar-refractivity contribution is 7.91. The summed E-state index contributed by atoms with van der Waals surface area (Å²) in [4.78, 5) is 1.00. The highest BCUT2D eigenvalue weighted by Crippen LogP contribution is 2.37. The molecule has 0 amide bonds. The van der Waals surface area contributed by atoms with E-state index in [1.54, 1.807) is 10.4 Å². The van der Waals surface area contributed by atoms with Gasteiger partial charge in [0, 0.05) is 29.9 Å². The van der Waals surface area contributed by atoms with Crippen molar-refractivity contribution in [2.75, 3.05) is 6.54 Å². The average Bonchev–Trinajstić information content (AvgIpc) is 3.23. The van der Waals surface area contributed by atoms with E-state index >= 15 is 0 Å². The minimum absolute atomic E-state index is 0.289. The molecule has 1 unspecified atom stereocenters. The third-order valence-corrected chi connectivity index (χ3v) is 7.72. The molecule has 1 aliphatic rings. The Balaban J connectivity index is 1.85. The van der Waals surface area contributed by atoms with Gasteiger partial charge in [0.05, 0.1) is 6.04 Å². The van der Waals surface area contributed by atoms with E-state index in [2.05, 4.69) is 4.57 Å². The summed E-state index contributed by atoms with van der Waals surface area (Å²) in [6, 6.07) is 17.1. The Morgan fingerprint density at radius 3 is 2.50 bits per heavy atom. The van der Waals surface area contributed by atoms with E-state index < -0.39 is 10.0 Å². The third-order valence-electron chi connectivity index (χ3n) is 4.39. The fourth-order valence-electron chi connectivity index (χ4n) is 3.26. The Morgan fingerprint density at radius 1 is 1.00 bits per heavy atom. The zero-order chi connectivity index (χ0) is 16.7. The van der Waals surface area contributed by atoms with Crippen LogP contribution in [0, 0.1) is 6.92 Å². The van der Waals surface area contributed by atoms with Crippen LogP contribution in [-0.2, 0) is 16.6 Å². The second-order valence-corrected chi connectivity index (χ2v) is 9.33. The molecule has 4 nitrogen and oxygen atoms in total. The van der Waals surface area contributed by atoms with Crippen molar-refractivity contribution in [2.45, 2.75) is 23.7 Å². The van der Waals surface area contributed by atoms with Crippen LogP contribution < -0.4 is 0 Å². The van der Waals surface area contributed by atoms with Crippen molar-refractivity contribution < 1.29 is 8.42 Å². The standard InChI is InChI=1S/C18H18N2O2S2/c1-14-9-10-17(23-14)24(21,22)20-13-12-19-11-5-8-16(19)18(20)15-6-3-2-4-7-15/h2-11,18H,12-13H2,1H3. The maximum absolute atomic E-state index is 13.2. The van der Waals surface area contributed by atoms with Crippen LogP contribution in [0.3, 0.4) is 0 Å². The second kappa shape index (κ2) is 5.88. The molecule has 0 bridgehead atoms. The van der Waals surface area contributed by atoms with Crippen molar-refractivity contribution in [3.8, 4) is 0 Å². The van der Waals surface area contributed by atoms with Crippen LogP contribution in [0.1, 0.15) is 22.2 Å². The van der Waals surface area contributed by atoms with E-state index in [4.69, 9.17) is 0 Å². The van der Waals surface area contributed by atoms with E-state index in [9.17, 15) is 8.42 Å². The minimum Gasteiger partial charge on any atom is -0.348 e. The molecule has 2 aromatic heterocycles. The predicted molar refractivity (Wildman–Crippen MR) is 95.7 cm³/mol. The van der Waals surface area contributed by atoms with E-state index in [0.29, 0.717) is 17.3 Å². The zero-order valence-corrected chi connectivity index (χ0v) is 14.9. The monoisotopic (exact) mass is 358 g/mol.